The molecule has 106 valence electrons. The van der Waals surface area contributed by atoms with E-state index in [1.807, 2.05) is 12.1 Å². The molecule has 0 amide bonds. The van der Waals surface area contributed by atoms with E-state index >= 15 is 0 Å². The summed E-state index contributed by atoms with van der Waals surface area (Å²) >= 11 is 6.14. The Morgan fingerprint density at radius 1 is 1.40 bits per heavy atom. The first-order chi connectivity index (χ1) is 9.63. The largest absolute Gasteiger partial charge is 0.493 e. The van der Waals surface area contributed by atoms with Gasteiger partial charge in [-0.25, -0.2) is 0 Å². The van der Waals surface area contributed by atoms with Crippen LogP contribution in [0.5, 0.6) is 5.75 Å². The second-order valence-electron chi connectivity index (χ2n) is 5.86. The Labute approximate surface area is 124 Å². The van der Waals surface area contributed by atoms with Crippen molar-refractivity contribution in [1.29, 1.82) is 0 Å². The van der Waals surface area contributed by atoms with Crippen LogP contribution in [0.25, 0.3) is 0 Å². The highest BCUT2D eigenvalue weighted by Crippen LogP contribution is 2.34. The molecule has 2 aliphatic rings. The number of hydrogen-bond donors (Lipinski definition) is 0. The minimum Gasteiger partial charge on any atom is -0.493 e. The number of ketones is 1. The number of hydrogen-bond acceptors (Lipinski definition) is 2. The molecule has 1 atom stereocenters. The summed E-state index contributed by atoms with van der Waals surface area (Å²) in [6.45, 7) is 2.92. The monoisotopic (exact) mass is 290 g/mol. The van der Waals surface area contributed by atoms with Gasteiger partial charge in [0.15, 0.2) is 5.78 Å². The third-order valence-corrected chi connectivity index (χ3v) is 4.43. The van der Waals surface area contributed by atoms with Crippen molar-refractivity contribution in [2.75, 3.05) is 6.61 Å². The second-order valence-corrected chi connectivity index (χ2v) is 6.30. The molecule has 3 heteroatoms. The van der Waals surface area contributed by atoms with Crippen LogP contribution in [0.1, 0.15) is 37.3 Å². The van der Waals surface area contributed by atoms with Gasteiger partial charge in [0.05, 0.1) is 6.61 Å². The van der Waals surface area contributed by atoms with Crippen molar-refractivity contribution in [3.8, 4) is 5.75 Å². The molecule has 0 saturated carbocycles. The first kappa shape index (κ1) is 13.7. The van der Waals surface area contributed by atoms with E-state index in [1.165, 1.54) is 0 Å². The maximum Gasteiger partial charge on any atom is 0.163 e. The van der Waals surface area contributed by atoms with Crippen LogP contribution < -0.4 is 4.74 Å². The number of fused-ring (bicyclic) bond motifs is 1. The molecule has 0 fully saturated rings. The van der Waals surface area contributed by atoms with Gasteiger partial charge in [0.1, 0.15) is 5.75 Å². The Kier molecular flexibility index (Phi) is 3.84. The van der Waals surface area contributed by atoms with Gasteiger partial charge in [0.2, 0.25) is 0 Å². The van der Waals surface area contributed by atoms with Gasteiger partial charge in [0, 0.05) is 23.4 Å². The molecule has 1 aromatic rings. The van der Waals surface area contributed by atoms with Gasteiger partial charge >= 0.3 is 0 Å². The molecule has 1 aliphatic heterocycles. The van der Waals surface area contributed by atoms with Crippen molar-refractivity contribution in [1.82, 2.24) is 0 Å². The van der Waals surface area contributed by atoms with Crippen molar-refractivity contribution < 1.29 is 9.53 Å². The summed E-state index contributed by atoms with van der Waals surface area (Å²) in [5.41, 5.74) is 3.05. The van der Waals surface area contributed by atoms with E-state index in [1.54, 1.807) is 0 Å². The van der Waals surface area contributed by atoms with E-state index < -0.39 is 0 Å². The molecular weight excluding hydrogens is 272 g/mol. The van der Waals surface area contributed by atoms with Crippen LogP contribution in [-0.4, -0.2) is 12.4 Å². The standard InChI is InChI=1S/C17H19ClO2/c1-11-2-4-12(5-3-11)16(19)10-14-9-15(18)8-13-6-7-20-17(13)14/h4,8-9,11H,2-3,5-7,10H2,1H3. The van der Waals surface area contributed by atoms with Crippen molar-refractivity contribution in [3.63, 3.8) is 0 Å². The first-order valence-corrected chi connectivity index (χ1v) is 7.67. The van der Waals surface area contributed by atoms with Crippen molar-refractivity contribution in [2.24, 2.45) is 5.92 Å². The van der Waals surface area contributed by atoms with Gasteiger partial charge in [-0.05, 0) is 48.4 Å². The normalized spacial score (nSPS) is 21.1. The molecule has 0 bridgehead atoms. The highest BCUT2D eigenvalue weighted by atomic mass is 35.5. The smallest absolute Gasteiger partial charge is 0.163 e. The van der Waals surface area contributed by atoms with Crippen molar-refractivity contribution in [3.05, 3.63) is 39.9 Å². The van der Waals surface area contributed by atoms with Crippen LogP contribution in [0.2, 0.25) is 5.02 Å². The summed E-state index contributed by atoms with van der Waals surface area (Å²) in [7, 11) is 0. The van der Waals surface area contributed by atoms with E-state index in [9.17, 15) is 4.79 Å². The lowest BCUT2D eigenvalue weighted by molar-refractivity contribution is -0.115. The summed E-state index contributed by atoms with van der Waals surface area (Å²) in [4.78, 5) is 12.4. The Morgan fingerprint density at radius 2 is 2.25 bits per heavy atom. The molecule has 0 radical (unpaired) electrons. The lowest BCUT2D eigenvalue weighted by Gasteiger charge is -2.17. The van der Waals surface area contributed by atoms with Crippen LogP contribution in [0.15, 0.2) is 23.8 Å². The van der Waals surface area contributed by atoms with Gasteiger partial charge in [-0.1, -0.05) is 24.6 Å². The Morgan fingerprint density at radius 3 is 3.00 bits per heavy atom. The van der Waals surface area contributed by atoms with E-state index in [4.69, 9.17) is 16.3 Å². The zero-order chi connectivity index (χ0) is 14.1. The molecule has 1 heterocycles. The molecule has 20 heavy (non-hydrogen) atoms. The van der Waals surface area contributed by atoms with E-state index in [2.05, 4.69) is 13.0 Å². The van der Waals surface area contributed by atoms with Crippen LogP contribution >= 0.6 is 11.6 Å². The molecule has 0 saturated heterocycles. The predicted octanol–water partition coefficient (Wildman–Crippen LogP) is 4.13. The number of halogens is 1. The minimum absolute atomic E-state index is 0.219. The summed E-state index contributed by atoms with van der Waals surface area (Å²) in [6.07, 6.45) is 6.44. The molecule has 3 rings (SSSR count). The third-order valence-electron chi connectivity index (χ3n) is 4.21. The first-order valence-electron chi connectivity index (χ1n) is 7.30. The fourth-order valence-electron chi connectivity index (χ4n) is 2.98. The average Bonchev–Trinajstić information content (AvgIpc) is 2.87. The highest BCUT2D eigenvalue weighted by molar-refractivity contribution is 6.30. The average molecular weight is 291 g/mol. The quantitative estimate of drug-likeness (QED) is 0.836. The number of benzene rings is 1. The molecule has 2 nitrogen and oxygen atoms in total. The Hall–Kier alpha value is -1.28. The van der Waals surface area contributed by atoms with Crippen LogP contribution in [0.3, 0.4) is 0 Å². The van der Waals surface area contributed by atoms with Crippen molar-refractivity contribution in [2.45, 2.75) is 39.0 Å². The van der Waals surface area contributed by atoms with E-state index in [0.717, 1.165) is 48.1 Å². The lowest BCUT2D eigenvalue weighted by atomic mass is 9.87. The molecule has 1 aliphatic carbocycles. The highest BCUT2D eigenvalue weighted by Gasteiger charge is 2.22. The number of rotatable bonds is 3. The van der Waals surface area contributed by atoms with Gasteiger partial charge in [0.25, 0.3) is 0 Å². The molecular formula is C17H19ClO2. The summed E-state index contributed by atoms with van der Waals surface area (Å²) in [5, 5.41) is 0.697. The lowest BCUT2D eigenvalue weighted by Crippen LogP contribution is -2.12. The number of Topliss-reactive ketones (excluding diaryl/α,β-unsaturated/α-hetero) is 1. The molecule has 0 aromatic heterocycles. The fourth-order valence-corrected chi connectivity index (χ4v) is 3.25. The summed E-state index contributed by atoms with van der Waals surface area (Å²) in [5.74, 6) is 1.80. The summed E-state index contributed by atoms with van der Waals surface area (Å²) in [6, 6.07) is 3.81. The maximum atomic E-state index is 12.4. The Balaban J connectivity index is 1.80. The topological polar surface area (TPSA) is 26.3 Å². The molecule has 1 aromatic carbocycles. The SMILES string of the molecule is CC1CC=C(C(=O)Cc2cc(Cl)cc3c2OCC3)CC1. The Bertz CT molecular complexity index is 575. The zero-order valence-electron chi connectivity index (χ0n) is 11.7. The van der Waals surface area contributed by atoms with Crippen LogP contribution in [0.4, 0.5) is 0 Å². The molecule has 0 N–H and O–H groups in total. The third kappa shape index (κ3) is 2.76. The maximum absolute atomic E-state index is 12.4. The minimum atomic E-state index is 0.219. The molecule has 1 unspecified atom stereocenters. The molecule has 0 spiro atoms. The van der Waals surface area contributed by atoms with Crippen molar-refractivity contribution >= 4 is 17.4 Å². The van der Waals surface area contributed by atoms with Gasteiger partial charge in [-0.3, -0.25) is 4.79 Å². The van der Waals surface area contributed by atoms with E-state index in [0.29, 0.717) is 24.0 Å². The predicted molar refractivity (Wildman–Crippen MR) is 80.5 cm³/mol. The second kappa shape index (κ2) is 5.61. The van der Waals surface area contributed by atoms with Crippen LogP contribution in [0, 0.1) is 5.92 Å². The van der Waals surface area contributed by atoms with Crippen LogP contribution in [-0.2, 0) is 17.6 Å². The fraction of sp³-hybridized carbons (Fsp3) is 0.471. The zero-order valence-corrected chi connectivity index (χ0v) is 12.5. The van der Waals surface area contributed by atoms with E-state index in [-0.39, 0.29) is 5.78 Å². The van der Waals surface area contributed by atoms with Gasteiger partial charge in [-0.2, -0.15) is 0 Å². The summed E-state index contributed by atoms with van der Waals surface area (Å²) < 4.78 is 5.66. The number of allylic oxidation sites excluding steroid dienone is 2. The van der Waals surface area contributed by atoms with Gasteiger partial charge in [-0.15, -0.1) is 0 Å². The number of carbonyl (C=O) groups is 1. The number of ether oxygens (including phenoxy) is 1. The van der Waals surface area contributed by atoms with Gasteiger partial charge < -0.3 is 4.74 Å². The number of carbonyl (C=O) groups excluding carboxylic acids is 1.